The molecular weight excluding hydrogens is 353 g/mol. The molecule has 0 aliphatic rings. The molecule has 0 saturated heterocycles. The van der Waals surface area contributed by atoms with Gasteiger partial charge in [0.25, 0.3) is 0 Å². The van der Waals surface area contributed by atoms with E-state index >= 15 is 0 Å². The summed E-state index contributed by atoms with van der Waals surface area (Å²) in [5.41, 5.74) is -0.552. The van der Waals surface area contributed by atoms with Gasteiger partial charge in [0.15, 0.2) is 10.8 Å². The first kappa shape index (κ1) is 18.0. The molecule has 0 amide bonds. The van der Waals surface area contributed by atoms with Crippen LogP contribution in [0, 0.1) is 0 Å². The van der Waals surface area contributed by atoms with Gasteiger partial charge >= 0.3 is 6.18 Å². The van der Waals surface area contributed by atoms with Gasteiger partial charge in [-0.2, -0.15) is 13.2 Å². The molecular formula is C14H14ClF3N2O2S. The Kier molecular flexibility index (Phi) is 5.85. The van der Waals surface area contributed by atoms with E-state index in [2.05, 4.69) is 10.3 Å². The van der Waals surface area contributed by atoms with Crippen LogP contribution in [0.4, 0.5) is 18.9 Å². The molecule has 0 fully saturated rings. The van der Waals surface area contributed by atoms with Crippen molar-refractivity contribution in [3.8, 4) is 0 Å². The maximum Gasteiger partial charge on any atom is 0.416 e. The zero-order valence-corrected chi connectivity index (χ0v) is 13.9. The van der Waals surface area contributed by atoms with Gasteiger partial charge in [0.1, 0.15) is 0 Å². The van der Waals surface area contributed by atoms with Crippen LogP contribution in [0.25, 0.3) is 0 Å². The summed E-state index contributed by atoms with van der Waals surface area (Å²) in [5, 5.41) is 2.92. The minimum absolute atomic E-state index is 0.0751. The number of ether oxygens (including phenoxy) is 2. The number of methoxy groups -OCH3 is 2. The lowest BCUT2D eigenvalue weighted by molar-refractivity contribution is -0.147. The van der Waals surface area contributed by atoms with Crippen molar-refractivity contribution in [2.24, 2.45) is 0 Å². The Morgan fingerprint density at radius 1 is 1.30 bits per heavy atom. The number of benzene rings is 1. The monoisotopic (exact) mass is 366 g/mol. The zero-order valence-electron chi connectivity index (χ0n) is 12.3. The Morgan fingerprint density at radius 3 is 2.52 bits per heavy atom. The molecule has 1 N–H and O–H groups in total. The molecule has 126 valence electrons. The summed E-state index contributed by atoms with van der Waals surface area (Å²) >= 11 is 6.98. The van der Waals surface area contributed by atoms with Crippen molar-refractivity contribution in [3.63, 3.8) is 0 Å². The lowest BCUT2D eigenvalue weighted by atomic mass is 10.1. The highest BCUT2D eigenvalue weighted by atomic mass is 35.5. The molecule has 2 rings (SSSR count). The number of anilines is 1. The summed E-state index contributed by atoms with van der Waals surface area (Å²) in [5.74, 6) is 0. The average molecular weight is 367 g/mol. The Morgan fingerprint density at radius 2 is 2.00 bits per heavy atom. The third kappa shape index (κ3) is 4.57. The lowest BCUT2D eigenvalue weighted by Gasteiger charge is -2.20. The van der Waals surface area contributed by atoms with Crippen molar-refractivity contribution in [1.29, 1.82) is 0 Å². The summed E-state index contributed by atoms with van der Waals surface area (Å²) < 4.78 is 50.0. The molecule has 0 aliphatic carbocycles. The zero-order chi connectivity index (χ0) is 17.0. The van der Waals surface area contributed by atoms with Gasteiger partial charge in [-0.3, -0.25) is 0 Å². The Hall–Kier alpha value is -1.35. The summed E-state index contributed by atoms with van der Waals surface area (Å²) in [6, 6.07) is 3.91. The fraction of sp³-hybridized carbons (Fsp3) is 0.357. The highest BCUT2D eigenvalue weighted by Gasteiger charge is 2.35. The van der Waals surface area contributed by atoms with E-state index in [9.17, 15) is 13.2 Å². The van der Waals surface area contributed by atoms with Crippen LogP contribution in [-0.4, -0.2) is 19.2 Å². The van der Waals surface area contributed by atoms with Crippen LogP contribution < -0.4 is 5.32 Å². The van der Waals surface area contributed by atoms with Crippen LogP contribution in [-0.2, 0) is 22.2 Å². The van der Waals surface area contributed by atoms with Gasteiger partial charge in [-0.25, -0.2) is 4.98 Å². The minimum Gasteiger partial charge on any atom is -0.380 e. The second kappa shape index (κ2) is 7.48. The maximum absolute atomic E-state index is 13.3. The highest BCUT2D eigenvalue weighted by molar-refractivity contribution is 7.15. The van der Waals surface area contributed by atoms with Gasteiger partial charge in [-0.15, -0.1) is 11.3 Å². The first-order valence-corrected chi connectivity index (χ1v) is 7.65. The summed E-state index contributed by atoms with van der Waals surface area (Å²) in [7, 11) is 2.57. The number of alkyl halides is 3. The van der Waals surface area contributed by atoms with E-state index in [0.717, 1.165) is 10.9 Å². The number of hydrogen-bond acceptors (Lipinski definition) is 5. The third-order valence-corrected chi connectivity index (χ3v) is 4.15. The van der Waals surface area contributed by atoms with E-state index in [1.165, 1.54) is 37.7 Å². The molecule has 9 heteroatoms. The highest BCUT2D eigenvalue weighted by Crippen LogP contribution is 2.37. The SMILES string of the molecule is COC(OC)c1ccc(NCc2cnc(Cl)s2)cc1C(F)(F)F. The molecule has 1 aromatic heterocycles. The average Bonchev–Trinajstić information content (AvgIpc) is 2.92. The lowest BCUT2D eigenvalue weighted by Crippen LogP contribution is -2.15. The Labute approximate surface area is 140 Å². The van der Waals surface area contributed by atoms with Crippen molar-refractivity contribution in [3.05, 3.63) is 44.9 Å². The molecule has 0 spiro atoms. The van der Waals surface area contributed by atoms with Crippen LogP contribution in [0.15, 0.2) is 24.4 Å². The van der Waals surface area contributed by atoms with Crippen molar-refractivity contribution in [2.75, 3.05) is 19.5 Å². The van der Waals surface area contributed by atoms with E-state index < -0.39 is 18.0 Å². The first-order valence-electron chi connectivity index (χ1n) is 6.46. The van der Waals surface area contributed by atoms with Gasteiger partial charge in [-0.1, -0.05) is 17.7 Å². The van der Waals surface area contributed by atoms with E-state index in [-0.39, 0.29) is 5.56 Å². The number of aromatic nitrogens is 1. The molecule has 0 unspecified atom stereocenters. The van der Waals surface area contributed by atoms with Gasteiger partial charge < -0.3 is 14.8 Å². The largest absolute Gasteiger partial charge is 0.416 e. The van der Waals surface area contributed by atoms with E-state index in [4.69, 9.17) is 21.1 Å². The van der Waals surface area contributed by atoms with Crippen molar-refractivity contribution < 1.29 is 22.6 Å². The van der Waals surface area contributed by atoms with Crippen molar-refractivity contribution in [2.45, 2.75) is 19.0 Å². The standard InChI is InChI=1S/C14H14ClF3N2O2S/c1-21-12(22-2)10-4-3-8(5-11(10)14(16,17)18)19-6-9-7-20-13(15)23-9/h3-5,7,12,19H,6H2,1-2H3. The molecule has 0 atom stereocenters. The maximum atomic E-state index is 13.3. The molecule has 4 nitrogen and oxygen atoms in total. The summed E-state index contributed by atoms with van der Waals surface area (Å²) in [6.07, 6.45) is -4.03. The van der Waals surface area contributed by atoms with Gasteiger partial charge in [0.05, 0.1) is 12.1 Å². The molecule has 0 radical (unpaired) electrons. The number of nitrogens with one attached hydrogen (secondary N) is 1. The Bertz CT molecular complexity index is 660. The summed E-state index contributed by atoms with van der Waals surface area (Å²) in [6.45, 7) is 0.332. The van der Waals surface area contributed by atoms with Crippen LogP contribution in [0.2, 0.25) is 4.47 Å². The minimum atomic E-state index is -4.52. The predicted octanol–water partition coefficient (Wildman–Crippen LogP) is 4.72. The summed E-state index contributed by atoms with van der Waals surface area (Å²) in [4.78, 5) is 4.69. The quantitative estimate of drug-likeness (QED) is 0.751. The second-order valence-corrected chi connectivity index (χ2v) is 6.23. The molecule has 2 aromatic rings. The van der Waals surface area contributed by atoms with Crippen LogP contribution in [0.3, 0.4) is 0 Å². The van der Waals surface area contributed by atoms with E-state index in [1.807, 2.05) is 0 Å². The van der Waals surface area contributed by atoms with Gasteiger partial charge in [0.2, 0.25) is 0 Å². The predicted molar refractivity (Wildman–Crippen MR) is 82.7 cm³/mol. The van der Waals surface area contributed by atoms with Crippen LogP contribution in [0.5, 0.6) is 0 Å². The van der Waals surface area contributed by atoms with Crippen LogP contribution >= 0.6 is 22.9 Å². The van der Waals surface area contributed by atoms with E-state index in [0.29, 0.717) is 16.7 Å². The van der Waals surface area contributed by atoms with Gasteiger partial charge in [-0.05, 0) is 12.1 Å². The van der Waals surface area contributed by atoms with Gasteiger partial charge in [0, 0.05) is 36.5 Å². The Balaban J connectivity index is 2.25. The number of thiazole rings is 1. The number of halogens is 4. The second-order valence-electron chi connectivity index (χ2n) is 4.54. The number of hydrogen-bond donors (Lipinski definition) is 1. The van der Waals surface area contributed by atoms with Crippen LogP contribution in [0.1, 0.15) is 22.3 Å². The molecule has 0 aliphatic heterocycles. The fourth-order valence-electron chi connectivity index (χ4n) is 2.02. The third-order valence-electron chi connectivity index (χ3n) is 3.03. The smallest absolute Gasteiger partial charge is 0.380 e. The fourth-order valence-corrected chi connectivity index (χ4v) is 2.94. The molecule has 1 heterocycles. The molecule has 0 bridgehead atoms. The normalized spacial score (nSPS) is 12.0. The van der Waals surface area contributed by atoms with Crippen molar-refractivity contribution in [1.82, 2.24) is 4.98 Å². The van der Waals surface area contributed by atoms with E-state index in [1.54, 1.807) is 6.20 Å². The molecule has 0 saturated carbocycles. The van der Waals surface area contributed by atoms with Crippen molar-refractivity contribution >= 4 is 28.6 Å². The first-order chi connectivity index (χ1) is 10.8. The molecule has 1 aromatic carbocycles. The molecule has 23 heavy (non-hydrogen) atoms. The number of nitrogens with zero attached hydrogens (tertiary/aromatic N) is 1. The topological polar surface area (TPSA) is 43.4 Å². The number of rotatable bonds is 6.